The van der Waals surface area contributed by atoms with E-state index in [9.17, 15) is 15.0 Å². The van der Waals surface area contributed by atoms with Crippen molar-refractivity contribution >= 4 is 16.9 Å². The van der Waals surface area contributed by atoms with Gasteiger partial charge >= 0.3 is 0 Å². The summed E-state index contributed by atoms with van der Waals surface area (Å²) in [5.41, 5.74) is 1.49. The molecule has 5 heteroatoms. The van der Waals surface area contributed by atoms with E-state index in [-0.39, 0.29) is 10.9 Å². The lowest BCUT2D eigenvalue weighted by Crippen LogP contribution is -2.21. The van der Waals surface area contributed by atoms with Gasteiger partial charge in [0.25, 0.3) is 0 Å². The molecule has 2 N–H and O–H groups in total. The van der Waals surface area contributed by atoms with Crippen LogP contribution in [-0.4, -0.2) is 32.2 Å². The molecule has 0 fully saturated rings. The number of pyridine rings is 1. The number of rotatable bonds is 4. The molecule has 0 aliphatic heterocycles. The molecule has 0 aliphatic rings. The maximum Gasteiger partial charge on any atom is 0.185 e. The van der Waals surface area contributed by atoms with Crippen LogP contribution in [0.25, 0.3) is 0 Å². The number of aromatic nitrogens is 1. The molecule has 88 valence electrons. The van der Waals surface area contributed by atoms with Gasteiger partial charge < -0.3 is 10.2 Å². The highest BCUT2D eigenvalue weighted by Crippen LogP contribution is 2.19. The lowest BCUT2D eigenvalue weighted by atomic mass is 10.1. The van der Waals surface area contributed by atoms with Gasteiger partial charge in [-0.15, -0.1) is 0 Å². The second kappa shape index (κ2) is 5.98. The van der Waals surface area contributed by atoms with Gasteiger partial charge in [0.1, 0.15) is 6.10 Å². The second-order valence-electron chi connectivity index (χ2n) is 3.61. The smallest absolute Gasteiger partial charge is 0.185 e. The highest BCUT2D eigenvalue weighted by atomic mass is 32.2. The minimum absolute atomic E-state index is 0.0754. The molecule has 0 spiro atoms. The summed E-state index contributed by atoms with van der Waals surface area (Å²) in [6, 6.07) is 1.76. The Hall–Kier alpha value is -0.910. The molecule has 16 heavy (non-hydrogen) atoms. The molecule has 2 unspecified atom stereocenters. The molecular weight excluding hydrogens is 226 g/mol. The lowest BCUT2D eigenvalue weighted by Gasteiger charge is -2.17. The summed E-state index contributed by atoms with van der Waals surface area (Å²) in [4.78, 5) is 14.7. The molecule has 0 saturated carbocycles. The largest absolute Gasteiger partial charge is 0.389 e. The first-order valence-electron chi connectivity index (χ1n) is 4.91. The fourth-order valence-electron chi connectivity index (χ4n) is 1.26. The molecule has 4 nitrogen and oxygen atoms in total. The van der Waals surface area contributed by atoms with E-state index in [1.165, 1.54) is 13.1 Å². The van der Waals surface area contributed by atoms with Crippen molar-refractivity contribution in [1.29, 1.82) is 0 Å². The number of aliphatic hydroxyl groups excluding tert-OH is 2. The fourth-order valence-corrected chi connectivity index (χ4v) is 1.84. The highest BCUT2D eigenvalue weighted by molar-refractivity contribution is 8.13. The lowest BCUT2D eigenvalue weighted by molar-refractivity contribution is -0.109. The molecule has 1 aromatic rings. The number of aryl methyl sites for hydroxylation is 1. The Morgan fingerprint density at radius 1 is 1.50 bits per heavy atom. The van der Waals surface area contributed by atoms with Crippen LogP contribution in [0.2, 0.25) is 0 Å². The SMILES string of the molecule is CC(=O)SCC(O)C(O)c1cncc(C)c1. The molecule has 1 heterocycles. The first-order chi connectivity index (χ1) is 7.50. The maximum absolute atomic E-state index is 10.7. The van der Waals surface area contributed by atoms with Crippen LogP contribution in [0.1, 0.15) is 24.2 Å². The third-order valence-corrected chi connectivity index (χ3v) is 2.97. The summed E-state index contributed by atoms with van der Waals surface area (Å²) in [6.07, 6.45) is 1.23. The van der Waals surface area contributed by atoms with E-state index < -0.39 is 12.2 Å². The van der Waals surface area contributed by atoms with Crippen molar-refractivity contribution in [3.05, 3.63) is 29.6 Å². The molecule has 1 aromatic heterocycles. The second-order valence-corrected chi connectivity index (χ2v) is 4.81. The van der Waals surface area contributed by atoms with Gasteiger partial charge in [0.2, 0.25) is 0 Å². The number of carbonyl (C=O) groups is 1. The molecule has 1 rings (SSSR count). The van der Waals surface area contributed by atoms with Crippen molar-refractivity contribution < 1.29 is 15.0 Å². The number of thioether (sulfide) groups is 1. The average Bonchev–Trinajstić information content (AvgIpc) is 2.24. The normalized spacial score (nSPS) is 14.5. The molecule has 0 aliphatic carbocycles. The van der Waals surface area contributed by atoms with Gasteiger partial charge in [-0.05, 0) is 12.5 Å². The maximum atomic E-state index is 10.7. The van der Waals surface area contributed by atoms with Crippen LogP contribution in [0, 0.1) is 6.92 Å². The van der Waals surface area contributed by atoms with E-state index in [0.717, 1.165) is 17.3 Å². The molecular formula is C11H15NO3S. The van der Waals surface area contributed by atoms with E-state index >= 15 is 0 Å². The first kappa shape index (κ1) is 13.2. The van der Waals surface area contributed by atoms with Crippen molar-refractivity contribution in [3.8, 4) is 0 Å². The van der Waals surface area contributed by atoms with Gasteiger partial charge in [-0.3, -0.25) is 9.78 Å². The predicted molar refractivity (Wildman–Crippen MR) is 63.1 cm³/mol. The quantitative estimate of drug-likeness (QED) is 0.825. The summed E-state index contributed by atoms with van der Waals surface area (Å²) >= 11 is 0.997. The van der Waals surface area contributed by atoms with Crippen molar-refractivity contribution in [1.82, 2.24) is 4.98 Å². The topological polar surface area (TPSA) is 70.4 Å². The summed E-state index contributed by atoms with van der Waals surface area (Å²) in [7, 11) is 0. The van der Waals surface area contributed by atoms with Crippen molar-refractivity contribution in [3.63, 3.8) is 0 Å². The van der Waals surface area contributed by atoms with Gasteiger partial charge in [0.05, 0.1) is 6.10 Å². The van der Waals surface area contributed by atoms with Crippen LogP contribution in [0.4, 0.5) is 0 Å². The summed E-state index contributed by atoms with van der Waals surface area (Å²) in [5, 5.41) is 19.4. The molecule has 0 saturated heterocycles. The van der Waals surface area contributed by atoms with E-state index in [4.69, 9.17) is 0 Å². The molecule has 0 radical (unpaired) electrons. The Labute approximate surface area is 98.7 Å². The Balaban J connectivity index is 2.62. The zero-order valence-electron chi connectivity index (χ0n) is 9.25. The Kier molecular flexibility index (Phi) is 4.92. The van der Waals surface area contributed by atoms with Gasteiger partial charge in [-0.25, -0.2) is 0 Å². The van der Waals surface area contributed by atoms with E-state index in [1.807, 2.05) is 6.92 Å². The zero-order chi connectivity index (χ0) is 12.1. The average molecular weight is 241 g/mol. The van der Waals surface area contributed by atoms with Crippen LogP contribution in [-0.2, 0) is 4.79 Å². The van der Waals surface area contributed by atoms with Crippen LogP contribution >= 0.6 is 11.8 Å². The molecule has 2 atom stereocenters. The number of aliphatic hydroxyl groups is 2. The minimum Gasteiger partial charge on any atom is -0.389 e. The number of carbonyl (C=O) groups excluding carboxylic acids is 1. The number of hydrogen-bond donors (Lipinski definition) is 2. The third kappa shape index (κ3) is 3.92. The monoisotopic (exact) mass is 241 g/mol. The van der Waals surface area contributed by atoms with Gasteiger partial charge in [0, 0.05) is 30.6 Å². The molecule has 0 aromatic carbocycles. The Morgan fingerprint density at radius 3 is 2.75 bits per heavy atom. The standard InChI is InChI=1S/C11H15NO3S/c1-7-3-9(5-12-4-7)11(15)10(14)6-16-8(2)13/h3-5,10-11,14-15H,6H2,1-2H3. The van der Waals surface area contributed by atoms with Crippen LogP contribution < -0.4 is 0 Å². The molecule has 0 bridgehead atoms. The summed E-state index contributed by atoms with van der Waals surface area (Å²) in [6.45, 7) is 3.29. The zero-order valence-corrected chi connectivity index (χ0v) is 10.1. The van der Waals surface area contributed by atoms with E-state index in [2.05, 4.69) is 4.98 Å². The van der Waals surface area contributed by atoms with Crippen molar-refractivity contribution in [2.45, 2.75) is 26.1 Å². The first-order valence-corrected chi connectivity index (χ1v) is 5.90. The fraction of sp³-hybridized carbons (Fsp3) is 0.455. The Bertz CT molecular complexity index is 370. The van der Waals surface area contributed by atoms with Crippen LogP contribution in [0.15, 0.2) is 18.5 Å². The predicted octanol–water partition coefficient (Wildman–Crippen LogP) is 1.06. The van der Waals surface area contributed by atoms with E-state index in [1.54, 1.807) is 12.3 Å². The van der Waals surface area contributed by atoms with Gasteiger partial charge in [0.15, 0.2) is 5.12 Å². The number of nitrogens with zero attached hydrogens (tertiary/aromatic N) is 1. The van der Waals surface area contributed by atoms with Gasteiger partial charge in [-0.1, -0.05) is 17.8 Å². The third-order valence-electron chi connectivity index (χ3n) is 2.06. The summed E-state index contributed by atoms with van der Waals surface area (Å²) < 4.78 is 0. The van der Waals surface area contributed by atoms with Crippen molar-refractivity contribution in [2.75, 3.05) is 5.75 Å². The van der Waals surface area contributed by atoms with Gasteiger partial charge in [-0.2, -0.15) is 0 Å². The van der Waals surface area contributed by atoms with Crippen LogP contribution in [0.5, 0.6) is 0 Å². The van der Waals surface area contributed by atoms with Crippen LogP contribution in [0.3, 0.4) is 0 Å². The van der Waals surface area contributed by atoms with Crippen molar-refractivity contribution in [2.24, 2.45) is 0 Å². The minimum atomic E-state index is -1.00. The summed E-state index contributed by atoms with van der Waals surface area (Å²) in [5.74, 6) is 0.185. The number of hydrogen-bond acceptors (Lipinski definition) is 5. The Morgan fingerprint density at radius 2 is 2.19 bits per heavy atom. The molecule has 0 amide bonds. The van der Waals surface area contributed by atoms with E-state index in [0.29, 0.717) is 5.56 Å². The highest BCUT2D eigenvalue weighted by Gasteiger charge is 2.19.